The summed E-state index contributed by atoms with van der Waals surface area (Å²) in [7, 11) is 0. The van der Waals surface area contributed by atoms with E-state index < -0.39 is 5.54 Å². The van der Waals surface area contributed by atoms with Crippen LogP contribution in [0.4, 0.5) is 0 Å². The van der Waals surface area contributed by atoms with Gasteiger partial charge in [-0.2, -0.15) is 0 Å². The predicted molar refractivity (Wildman–Crippen MR) is 71.2 cm³/mol. The second kappa shape index (κ2) is 6.02. The first-order valence-electron chi connectivity index (χ1n) is 7.35. The fourth-order valence-corrected chi connectivity index (χ4v) is 3.38. The molecule has 4 heteroatoms. The van der Waals surface area contributed by atoms with Crippen LogP contribution in [0.2, 0.25) is 0 Å². The highest BCUT2D eigenvalue weighted by molar-refractivity contribution is 5.81. The van der Waals surface area contributed by atoms with Crippen LogP contribution in [0.25, 0.3) is 0 Å². The highest BCUT2D eigenvalue weighted by Gasteiger charge is 2.46. The normalized spacial score (nSPS) is 32.9. The Hall–Kier alpha value is -0.610. The van der Waals surface area contributed by atoms with Crippen LogP contribution in [0.15, 0.2) is 0 Å². The fraction of sp³-hybridized carbons (Fsp3) is 0.929. The van der Waals surface area contributed by atoms with E-state index in [1.165, 1.54) is 25.9 Å². The van der Waals surface area contributed by atoms with Crippen molar-refractivity contribution < 1.29 is 9.53 Å². The topological polar surface area (TPSA) is 55.6 Å². The first-order chi connectivity index (χ1) is 8.66. The molecule has 0 aromatic carbocycles. The number of carbonyl (C=O) groups is 1. The van der Waals surface area contributed by atoms with Gasteiger partial charge in [0.2, 0.25) is 0 Å². The molecule has 0 aromatic rings. The lowest BCUT2D eigenvalue weighted by molar-refractivity contribution is -0.151. The minimum atomic E-state index is -0.713. The Kier molecular flexibility index (Phi) is 4.62. The van der Waals surface area contributed by atoms with Crippen LogP contribution >= 0.6 is 0 Å². The quantitative estimate of drug-likeness (QED) is 0.756. The maximum atomic E-state index is 12.0. The van der Waals surface area contributed by atoms with E-state index in [2.05, 4.69) is 4.90 Å². The Balaban J connectivity index is 1.87. The van der Waals surface area contributed by atoms with E-state index in [0.29, 0.717) is 12.5 Å². The van der Waals surface area contributed by atoms with Crippen LogP contribution in [0.3, 0.4) is 0 Å². The number of nitrogens with two attached hydrogens (primary N) is 1. The Morgan fingerprint density at radius 1 is 1.39 bits per heavy atom. The summed E-state index contributed by atoms with van der Waals surface area (Å²) in [5.74, 6) is 0.117. The van der Waals surface area contributed by atoms with Crippen molar-refractivity contribution in [2.75, 3.05) is 26.2 Å². The van der Waals surface area contributed by atoms with Crippen LogP contribution in [0, 0.1) is 5.92 Å². The molecule has 0 bridgehead atoms. The molecule has 0 spiro atoms. The number of carbonyl (C=O) groups excluding carboxylic acids is 1. The molecule has 2 unspecified atom stereocenters. The maximum absolute atomic E-state index is 12.0. The Morgan fingerprint density at radius 3 is 2.78 bits per heavy atom. The van der Waals surface area contributed by atoms with Crippen molar-refractivity contribution in [1.29, 1.82) is 0 Å². The number of hydrogen-bond donors (Lipinski definition) is 1. The molecule has 1 aliphatic carbocycles. The molecule has 2 aliphatic rings. The van der Waals surface area contributed by atoms with E-state index in [9.17, 15) is 4.79 Å². The number of nitrogens with zero attached hydrogens (tertiary/aromatic N) is 1. The molecule has 1 aliphatic heterocycles. The molecule has 0 radical (unpaired) electrons. The van der Waals surface area contributed by atoms with Crippen molar-refractivity contribution in [1.82, 2.24) is 4.90 Å². The van der Waals surface area contributed by atoms with E-state index in [1.807, 2.05) is 6.92 Å². The van der Waals surface area contributed by atoms with Gasteiger partial charge in [-0.3, -0.25) is 4.79 Å². The molecule has 104 valence electrons. The van der Waals surface area contributed by atoms with Gasteiger partial charge in [-0.05, 0) is 64.6 Å². The summed E-state index contributed by atoms with van der Waals surface area (Å²) in [5, 5.41) is 0. The molecular weight excluding hydrogens is 228 g/mol. The van der Waals surface area contributed by atoms with Gasteiger partial charge in [0, 0.05) is 0 Å². The lowest BCUT2D eigenvalue weighted by Gasteiger charge is -2.30. The van der Waals surface area contributed by atoms with Crippen molar-refractivity contribution in [3.63, 3.8) is 0 Å². The predicted octanol–water partition coefficient (Wildman–Crippen LogP) is 1.53. The Bertz CT molecular complexity index is 290. The van der Waals surface area contributed by atoms with Crippen molar-refractivity contribution in [2.24, 2.45) is 11.7 Å². The van der Waals surface area contributed by atoms with Crippen LogP contribution in [-0.2, 0) is 9.53 Å². The molecule has 1 saturated heterocycles. The molecule has 1 saturated carbocycles. The number of hydrogen-bond acceptors (Lipinski definition) is 4. The van der Waals surface area contributed by atoms with Crippen molar-refractivity contribution in [2.45, 2.75) is 51.0 Å². The third-order valence-corrected chi connectivity index (χ3v) is 4.52. The molecule has 18 heavy (non-hydrogen) atoms. The standard InChI is InChI=1S/C14H26N2O2/c1-2-18-13(17)14(15)8-5-6-12(14)7-11-16-9-3-4-10-16/h12H,2-11,15H2,1H3. The summed E-state index contributed by atoms with van der Waals surface area (Å²) in [5.41, 5.74) is 5.61. The molecule has 2 rings (SSSR count). The number of ether oxygens (including phenoxy) is 1. The minimum Gasteiger partial charge on any atom is -0.465 e. The molecule has 2 fully saturated rings. The summed E-state index contributed by atoms with van der Waals surface area (Å²) in [6.45, 7) is 5.78. The van der Waals surface area contributed by atoms with Crippen LogP contribution in [-0.4, -0.2) is 42.6 Å². The van der Waals surface area contributed by atoms with Gasteiger partial charge < -0.3 is 15.4 Å². The summed E-state index contributed by atoms with van der Waals surface area (Å²) >= 11 is 0. The van der Waals surface area contributed by atoms with E-state index >= 15 is 0 Å². The summed E-state index contributed by atoms with van der Waals surface area (Å²) in [6.07, 6.45) is 6.58. The van der Waals surface area contributed by atoms with Gasteiger partial charge in [-0.25, -0.2) is 0 Å². The monoisotopic (exact) mass is 254 g/mol. The number of esters is 1. The van der Waals surface area contributed by atoms with Crippen molar-refractivity contribution in [3.8, 4) is 0 Å². The molecule has 0 aromatic heterocycles. The zero-order chi connectivity index (χ0) is 13.0. The van der Waals surface area contributed by atoms with Gasteiger partial charge in [0.25, 0.3) is 0 Å². The van der Waals surface area contributed by atoms with Crippen LogP contribution in [0.5, 0.6) is 0 Å². The molecule has 4 nitrogen and oxygen atoms in total. The van der Waals surface area contributed by atoms with Gasteiger partial charge in [0.1, 0.15) is 5.54 Å². The smallest absolute Gasteiger partial charge is 0.326 e. The second-order valence-corrected chi connectivity index (χ2v) is 5.69. The Morgan fingerprint density at radius 2 is 2.11 bits per heavy atom. The highest BCUT2D eigenvalue weighted by atomic mass is 16.5. The fourth-order valence-electron chi connectivity index (χ4n) is 3.38. The molecule has 2 atom stereocenters. The third-order valence-electron chi connectivity index (χ3n) is 4.52. The molecular formula is C14H26N2O2. The van der Waals surface area contributed by atoms with E-state index in [0.717, 1.165) is 32.2 Å². The van der Waals surface area contributed by atoms with Crippen molar-refractivity contribution in [3.05, 3.63) is 0 Å². The number of rotatable bonds is 5. The zero-order valence-electron chi connectivity index (χ0n) is 11.5. The highest BCUT2D eigenvalue weighted by Crippen LogP contribution is 2.37. The van der Waals surface area contributed by atoms with Gasteiger partial charge >= 0.3 is 5.97 Å². The van der Waals surface area contributed by atoms with Crippen LogP contribution in [0.1, 0.15) is 45.4 Å². The van der Waals surface area contributed by atoms with Crippen LogP contribution < -0.4 is 5.73 Å². The van der Waals surface area contributed by atoms with Gasteiger partial charge in [-0.1, -0.05) is 6.42 Å². The van der Waals surface area contributed by atoms with Gasteiger partial charge in [-0.15, -0.1) is 0 Å². The summed E-state index contributed by atoms with van der Waals surface area (Å²) in [6, 6.07) is 0. The SMILES string of the molecule is CCOC(=O)C1(N)CCCC1CCN1CCCC1. The largest absolute Gasteiger partial charge is 0.465 e. The lowest BCUT2D eigenvalue weighted by Crippen LogP contribution is -2.52. The number of likely N-dealkylation sites (tertiary alicyclic amines) is 1. The van der Waals surface area contributed by atoms with Gasteiger partial charge in [0.15, 0.2) is 0 Å². The van der Waals surface area contributed by atoms with Gasteiger partial charge in [0.05, 0.1) is 6.61 Å². The molecule has 0 amide bonds. The minimum absolute atomic E-state index is 0.186. The molecule has 1 heterocycles. The second-order valence-electron chi connectivity index (χ2n) is 5.69. The zero-order valence-corrected chi connectivity index (χ0v) is 11.5. The average molecular weight is 254 g/mol. The van der Waals surface area contributed by atoms with E-state index in [-0.39, 0.29) is 5.97 Å². The summed E-state index contributed by atoms with van der Waals surface area (Å²) in [4.78, 5) is 14.5. The lowest BCUT2D eigenvalue weighted by atomic mass is 9.85. The third kappa shape index (κ3) is 2.86. The first kappa shape index (κ1) is 13.8. The summed E-state index contributed by atoms with van der Waals surface area (Å²) < 4.78 is 5.15. The first-order valence-corrected chi connectivity index (χ1v) is 7.35. The van der Waals surface area contributed by atoms with E-state index in [4.69, 9.17) is 10.5 Å². The van der Waals surface area contributed by atoms with Crippen molar-refractivity contribution >= 4 is 5.97 Å². The molecule has 2 N–H and O–H groups in total. The Labute approximate surface area is 110 Å². The average Bonchev–Trinajstić information content (AvgIpc) is 2.97. The van der Waals surface area contributed by atoms with E-state index in [1.54, 1.807) is 0 Å². The maximum Gasteiger partial charge on any atom is 0.326 e.